The minimum absolute atomic E-state index is 0.540. The Bertz CT molecular complexity index is 1200. The van der Waals surface area contributed by atoms with Crippen LogP contribution < -0.4 is 9.47 Å². The third-order valence-corrected chi connectivity index (χ3v) is 6.17. The molecule has 0 spiro atoms. The summed E-state index contributed by atoms with van der Waals surface area (Å²) in [7, 11) is 1.65. The zero-order valence-corrected chi connectivity index (χ0v) is 19.4. The van der Waals surface area contributed by atoms with Gasteiger partial charge in [0.15, 0.2) is 11.5 Å². The molecule has 34 heavy (non-hydrogen) atoms. The van der Waals surface area contributed by atoms with E-state index in [9.17, 15) is 0 Å². The van der Waals surface area contributed by atoms with Crippen LogP contribution in [-0.2, 0) is 6.42 Å². The van der Waals surface area contributed by atoms with Crippen LogP contribution in [0.2, 0.25) is 0 Å². The number of methoxy groups -OCH3 is 1. The Morgan fingerprint density at radius 1 is 0.853 bits per heavy atom. The third-order valence-electron chi connectivity index (χ3n) is 6.17. The lowest BCUT2D eigenvalue weighted by atomic mass is 10.0. The molecule has 0 radical (unpaired) electrons. The van der Waals surface area contributed by atoms with Crippen molar-refractivity contribution in [2.45, 2.75) is 19.3 Å². The largest absolute Gasteiger partial charge is 0.493 e. The van der Waals surface area contributed by atoms with Crippen LogP contribution in [0.5, 0.6) is 11.5 Å². The molecule has 4 aromatic rings. The van der Waals surface area contributed by atoms with Gasteiger partial charge in [0.2, 0.25) is 11.7 Å². The van der Waals surface area contributed by atoms with Gasteiger partial charge in [0.1, 0.15) is 6.61 Å². The van der Waals surface area contributed by atoms with Gasteiger partial charge >= 0.3 is 0 Å². The van der Waals surface area contributed by atoms with E-state index < -0.39 is 0 Å². The molecule has 0 aliphatic carbocycles. The second kappa shape index (κ2) is 10.5. The first kappa shape index (κ1) is 22.2. The molecule has 6 nitrogen and oxygen atoms in total. The summed E-state index contributed by atoms with van der Waals surface area (Å²) < 4.78 is 17.1. The zero-order valence-electron chi connectivity index (χ0n) is 19.4. The normalized spacial score (nSPS) is 13.8. The van der Waals surface area contributed by atoms with E-state index >= 15 is 0 Å². The van der Waals surface area contributed by atoms with E-state index in [1.54, 1.807) is 7.11 Å². The van der Waals surface area contributed by atoms with Crippen LogP contribution in [0.4, 0.5) is 0 Å². The molecule has 2 heterocycles. The zero-order chi connectivity index (χ0) is 23.2. The molecule has 174 valence electrons. The first-order chi connectivity index (χ1) is 16.8. The standard InChI is InChI=1S/C28H29N3O3/c1-32-26-20-24(13-14-25(26)33-18-17-31-15-5-6-16-31)28-29-27(34-30-28)19-21-9-11-23(12-10-21)22-7-3-2-4-8-22/h2-4,7-14,20H,5-6,15-19H2,1H3. The van der Waals surface area contributed by atoms with Gasteiger partial charge in [-0.2, -0.15) is 4.98 Å². The van der Waals surface area contributed by atoms with Crippen LogP contribution in [0, 0.1) is 0 Å². The van der Waals surface area contributed by atoms with E-state index in [2.05, 4.69) is 51.4 Å². The number of likely N-dealkylation sites (tertiary alicyclic amines) is 1. The van der Waals surface area contributed by atoms with E-state index in [-0.39, 0.29) is 0 Å². The molecular formula is C28H29N3O3. The molecule has 1 aliphatic rings. The number of ether oxygens (including phenoxy) is 2. The Kier molecular flexibility index (Phi) is 6.86. The summed E-state index contributed by atoms with van der Waals surface area (Å²) in [6.45, 7) is 3.91. The van der Waals surface area contributed by atoms with Crippen molar-refractivity contribution < 1.29 is 14.0 Å². The lowest BCUT2D eigenvalue weighted by Crippen LogP contribution is -2.25. The Hall–Kier alpha value is -3.64. The molecule has 0 bridgehead atoms. The fourth-order valence-electron chi connectivity index (χ4n) is 4.28. The highest BCUT2D eigenvalue weighted by Gasteiger charge is 2.15. The number of benzene rings is 3. The Balaban J connectivity index is 1.23. The molecule has 0 atom stereocenters. The van der Waals surface area contributed by atoms with Crippen molar-refractivity contribution in [2.24, 2.45) is 0 Å². The van der Waals surface area contributed by atoms with Crippen molar-refractivity contribution in [1.29, 1.82) is 0 Å². The van der Waals surface area contributed by atoms with Gasteiger partial charge in [0, 0.05) is 12.1 Å². The molecule has 0 N–H and O–H groups in total. The van der Waals surface area contributed by atoms with Gasteiger partial charge in [0.25, 0.3) is 0 Å². The van der Waals surface area contributed by atoms with Gasteiger partial charge in [-0.3, -0.25) is 4.90 Å². The molecule has 6 heteroatoms. The maximum atomic E-state index is 5.98. The molecule has 5 rings (SSSR count). The second-order valence-electron chi connectivity index (χ2n) is 8.51. The van der Waals surface area contributed by atoms with Crippen molar-refractivity contribution in [2.75, 3.05) is 33.4 Å². The molecule has 0 unspecified atom stereocenters. The lowest BCUT2D eigenvalue weighted by molar-refractivity contribution is 0.230. The summed E-state index contributed by atoms with van der Waals surface area (Å²) in [5.41, 5.74) is 4.34. The fourth-order valence-corrected chi connectivity index (χ4v) is 4.28. The average molecular weight is 456 g/mol. The third kappa shape index (κ3) is 5.29. The van der Waals surface area contributed by atoms with E-state index in [1.165, 1.54) is 24.0 Å². The van der Waals surface area contributed by atoms with Crippen molar-refractivity contribution in [1.82, 2.24) is 15.0 Å². The van der Waals surface area contributed by atoms with Crippen LogP contribution in [0.1, 0.15) is 24.3 Å². The summed E-state index contributed by atoms with van der Waals surface area (Å²) >= 11 is 0. The SMILES string of the molecule is COc1cc(-c2noc(Cc3ccc(-c4ccccc4)cc3)n2)ccc1OCCN1CCCC1. The number of nitrogens with zero attached hydrogens (tertiary/aromatic N) is 3. The van der Waals surface area contributed by atoms with Crippen LogP contribution in [0.3, 0.4) is 0 Å². The van der Waals surface area contributed by atoms with Crippen LogP contribution in [0.25, 0.3) is 22.5 Å². The van der Waals surface area contributed by atoms with Gasteiger partial charge in [-0.25, -0.2) is 0 Å². The van der Waals surface area contributed by atoms with Crippen molar-refractivity contribution >= 4 is 0 Å². The van der Waals surface area contributed by atoms with E-state index in [0.29, 0.717) is 30.5 Å². The summed E-state index contributed by atoms with van der Waals surface area (Å²) in [4.78, 5) is 7.02. The van der Waals surface area contributed by atoms with Gasteiger partial charge in [-0.05, 0) is 60.8 Å². The highest BCUT2D eigenvalue weighted by Crippen LogP contribution is 2.32. The molecule has 1 aliphatic heterocycles. The van der Waals surface area contributed by atoms with Crippen LogP contribution in [0.15, 0.2) is 77.3 Å². The predicted octanol–water partition coefficient (Wildman–Crippen LogP) is 5.48. The second-order valence-corrected chi connectivity index (χ2v) is 8.51. The van der Waals surface area contributed by atoms with Crippen molar-refractivity contribution in [3.8, 4) is 34.0 Å². The highest BCUT2D eigenvalue weighted by molar-refractivity contribution is 5.63. The Morgan fingerprint density at radius 3 is 2.35 bits per heavy atom. The monoisotopic (exact) mass is 455 g/mol. The number of hydrogen-bond acceptors (Lipinski definition) is 6. The number of rotatable bonds is 9. The molecule has 0 amide bonds. The first-order valence-electron chi connectivity index (χ1n) is 11.8. The van der Waals surface area contributed by atoms with E-state index in [4.69, 9.17) is 14.0 Å². The smallest absolute Gasteiger partial charge is 0.231 e. The number of hydrogen-bond donors (Lipinski definition) is 0. The summed E-state index contributed by atoms with van der Waals surface area (Å²) in [6, 6.07) is 24.5. The maximum absolute atomic E-state index is 5.98. The minimum Gasteiger partial charge on any atom is -0.493 e. The molecule has 0 saturated carbocycles. The van der Waals surface area contributed by atoms with Gasteiger partial charge in [0.05, 0.1) is 13.5 Å². The molecule has 1 saturated heterocycles. The highest BCUT2D eigenvalue weighted by atomic mass is 16.5. The summed E-state index contributed by atoms with van der Waals surface area (Å²) in [5, 5.41) is 4.18. The van der Waals surface area contributed by atoms with Crippen LogP contribution >= 0.6 is 0 Å². The number of aromatic nitrogens is 2. The Labute approximate surface area is 200 Å². The first-order valence-corrected chi connectivity index (χ1v) is 11.8. The summed E-state index contributed by atoms with van der Waals surface area (Å²) in [5.74, 6) is 2.51. The minimum atomic E-state index is 0.540. The van der Waals surface area contributed by atoms with Gasteiger partial charge in [-0.15, -0.1) is 0 Å². The van der Waals surface area contributed by atoms with Gasteiger partial charge < -0.3 is 14.0 Å². The molecule has 1 aromatic heterocycles. The lowest BCUT2D eigenvalue weighted by Gasteiger charge is -2.16. The van der Waals surface area contributed by atoms with Crippen molar-refractivity contribution in [3.63, 3.8) is 0 Å². The van der Waals surface area contributed by atoms with E-state index in [0.717, 1.165) is 36.5 Å². The van der Waals surface area contributed by atoms with E-state index in [1.807, 2.05) is 36.4 Å². The predicted molar refractivity (Wildman–Crippen MR) is 132 cm³/mol. The maximum Gasteiger partial charge on any atom is 0.231 e. The van der Waals surface area contributed by atoms with Gasteiger partial charge in [-0.1, -0.05) is 59.8 Å². The van der Waals surface area contributed by atoms with Crippen molar-refractivity contribution in [3.05, 3.63) is 84.3 Å². The molecule has 3 aromatic carbocycles. The molecule has 1 fully saturated rings. The van der Waals surface area contributed by atoms with Crippen LogP contribution in [-0.4, -0.2) is 48.4 Å². The quantitative estimate of drug-likeness (QED) is 0.333. The average Bonchev–Trinajstić information content (AvgIpc) is 3.58. The topological polar surface area (TPSA) is 60.6 Å². The Morgan fingerprint density at radius 2 is 1.59 bits per heavy atom. The fraction of sp³-hybridized carbons (Fsp3) is 0.286. The summed E-state index contributed by atoms with van der Waals surface area (Å²) in [6.07, 6.45) is 3.14. The molecular weight excluding hydrogens is 426 g/mol.